The highest BCUT2D eigenvalue weighted by atomic mass is 16.2. The predicted octanol–water partition coefficient (Wildman–Crippen LogP) is 1.33. The molecule has 1 heterocycles. The first-order valence-electron chi connectivity index (χ1n) is 15.3. The molecule has 244 valence electrons. The fourth-order valence-corrected chi connectivity index (χ4v) is 4.44. The molecule has 0 saturated heterocycles. The zero-order valence-corrected chi connectivity index (χ0v) is 26.1. The van der Waals surface area contributed by atoms with E-state index >= 15 is 0 Å². The van der Waals surface area contributed by atoms with Crippen molar-refractivity contribution in [2.75, 3.05) is 45.1 Å². The Morgan fingerprint density at radius 2 is 1.56 bits per heavy atom. The number of hydrogen-bond donors (Lipinski definition) is 6. The number of amides is 3. The van der Waals surface area contributed by atoms with E-state index in [0.29, 0.717) is 44.2 Å². The van der Waals surface area contributed by atoms with Crippen LogP contribution in [0.2, 0.25) is 0 Å². The lowest BCUT2D eigenvalue weighted by atomic mass is 10.0. The number of carbonyl (C=O) groups is 4. The lowest BCUT2D eigenvalue weighted by Crippen LogP contribution is -2.52. The van der Waals surface area contributed by atoms with Crippen molar-refractivity contribution in [1.82, 2.24) is 20.5 Å². The number of nitrogens with two attached hydrogens (primary N) is 3. The number of nitrogens with zero attached hydrogens (tertiary/aromatic N) is 2. The van der Waals surface area contributed by atoms with Gasteiger partial charge in [-0.05, 0) is 57.0 Å². The van der Waals surface area contributed by atoms with Gasteiger partial charge < -0.3 is 42.8 Å². The van der Waals surface area contributed by atoms with Crippen molar-refractivity contribution < 1.29 is 19.2 Å². The molecule has 3 rings (SSSR count). The number of hydrogen-bond acceptors (Lipinski definition) is 9. The first kappa shape index (κ1) is 37.0. The van der Waals surface area contributed by atoms with Crippen LogP contribution in [0.4, 0.5) is 5.69 Å². The average molecular weight is 621 g/mol. The van der Waals surface area contributed by atoms with Crippen LogP contribution in [-0.4, -0.2) is 85.7 Å². The summed E-state index contributed by atoms with van der Waals surface area (Å²) in [5.74, 6) is -1.35. The molecule has 0 saturated carbocycles. The minimum absolute atomic E-state index is 0.198. The highest BCUT2D eigenvalue weighted by Gasteiger charge is 2.27. The van der Waals surface area contributed by atoms with Gasteiger partial charge in [0.15, 0.2) is 0 Å². The van der Waals surface area contributed by atoms with Crippen LogP contribution in [0.1, 0.15) is 37.7 Å². The SMILES string of the molecule is CN(CCN)CCN.NCCCCC(=O)NC(CC=O)C(=O)N[C@@H](CCc1ccccc1)C(=O)Nc1cnc2ccccc2c1. The molecule has 0 bridgehead atoms. The highest BCUT2D eigenvalue weighted by molar-refractivity contribution is 5.99. The number of carbonyl (C=O) groups excluding carboxylic acids is 4. The Bertz CT molecular complexity index is 1320. The lowest BCUT2D eigenvalue weighted by molar-refractivity contribution is -0.131. The summed E-state index contributed by atoms with van der Waals surface area (Å²) in [6.45, 7) is 3.79. The van der Waals surface area contributed by atoms with Crippen LogP contribution in [0.5, 0.6) is 0 Å². The van der Waals surface area contributed by atoms with E-state index < -0.39 is 23.9 Å². The summed E-state index contributed by atoms with van der Waals surface area (Å²) in [6, 6.07) is 17.0. The second kappa shape index (κ2) is 21.5. The molecule has 0 aliphatic carbocycles. The van der Waals surface area contributed by atoms with Gasteiger partial charge in [0.1, 0.15) is 18.4 Å². The molecular weight excluding hydrogens is 572 g/mol. The fourth-order valence-electron chi connectivity index (χ4n) is 4.44. The van der Waals surface area contributed by atoms with Gasteiger partial charge in [0.05, 0.1) is 17.4 Å². The van der Waals surface area contributed by atoms with Gasteiger partial charge in [-0.25, -0.2) is 0 Å². The average Bonchev–Trinajstić information content (AvgIpc) is 3.04. The van der Waals surface area contributed by atoms with Crippen LogP contribution < -0.4 is 33.2 Å². The number of benzene rings is 2. The van der Waals surface area contributed by atoms with Gasteiger partial charge in [-0.1, -0.05) is 48.5 Å². The maximum Gasteiger partial charge on any atom is 0.247 e. The molecule has 2 aromatic carbocycles. The van der Waals surface area contributed by atoms with Gasteiger partial charge in [-0.15, -0.1) is 0 Å². The fraction of sp³-hybridized carbons (Fsp3) is 0.424. The first-order valence-corrected chi connectivity index (χ1v) is 15.3. The molecule has 12 heteroatoms. The number of para-hydroxylation sites is 1. The third-order valence-corrected chi connectivity index (χ3v) is 6.92. The second-order valence-electron chi connectivity index (χ2n) is 10.6. The molecule has 3 amide bonds. The summed E-state index contributed by atoms with van der Waals surface area (Å²) < 4.78 is 0. The summed E-state index contributed by atoms with van der Waals surface area (Å²) in [5, 5.41) is 9.04. The molecule has 12 nitrogen and oxygen atoms in total. The number of anilines is 1. The Morgan fingerprint density at radius 3 is 2.22 bits per heavy atom. The standard InChI is InChI=1S/C28H33N5O4.C5H15N3/c29-16-7-6-12-26(35)32-25(15-17-34)28(37)33-24(14-13-20-8-2-1-3-9-20)27(36)31-22-18-21-10-4-5-11-23(21)30-19-22;1-8(4-2-6)5-3-7/h1-5,8-11,17-19,24-25H,6-7,12-16,29H2,(H,31,36)(H,32,35)(H,33,37);2-7H2,1H3/t24-,25?;/m0./s1. The number of aldehydes is 1. The van der Waals surface area contributed by atoms with Gasteiger partial charge in [0.25, 0.3) is 0 Å². The van der Waals surface area contributed by atoms with Crippen molar-refractivity contribution in [2.45, 2.75) is 50.6 Å². The Balaban J connectivity index is 0.000000777. The zero-order chi connectivity index (χ0) is 32.9. The van der Waals surface area contributed by atoms with E-state index in [9.17, 15) is 19.2 Å². The molecule has 0 radical (unpaired) electrons. The van der Waals surface area contributed by atoms with Crippen LogP contribution in [-0.2, 0) is 25.6 Å². The first-order chi connectivity index (χ1) is 21.8. The van der Waals surface area contributed by atoms with E-state index in [1.807, 2.05) is 67.7 Å². The number of aryl methyl sites for hydroxylation is 1. The number of pyridine rings is 1. The molecule has 0 aliphatic heterocycles. The molecule has 0 aliphatic rings. The third kappa shape index (κ3) is 14.4. The van der Waals surface area contributed by atoms with Crippen molar-refractivity contribution in [3.05, 3.63) is 72.4 Å². The smallest absolute Gasteiger partial charge is 0.247 e. The summed E-state index contributed by atoms with van der Waals surface area (Å²) in [5.41, 5.74) is 18.3. The van der Waals surface area contributed by atoms with E-state index in [2.05, 4.69) is 25.8 Å². The minimum Gasteiger partial charge on any atom is -0.344 e. The van der Waals surface area contributed by atoms with Gasteiger partial charge in [-0.3, -0.25) is 19.4 Å². The maximum atomic E-state index is 13.3. The molecule has 9 N–H and O–H groups in total. The molecule has 1 aromatic heterocycles. The van der Waals surface area contributed by atoms with Crippen LogP contribution in [0, 0.1) is 0 Å². The van der Waals surface area contributed by atoms with E-state index in [1.165, 1.54) is 0 Å². The summed E-state index contributed by atoms with van der Waals surface area (Å²) in [7, 11) is 2.01. The minimum atomic E-state index is -1.07. The van der Waals surface area contributed by atoms with E-state index in [-0.39, 0.29) is 18.7 Å². The number of rotatable bonds is 18. The molecular formula is C33H48N8O4. The Hall–Kier alpha value is -4.23. The summed E-state index contributed by atoms with van der Waals surface area (Å²) in [6.07, 6.45) is 4.27. The van der Waals surface area contributed by atoms with Crippen molar-refractivity contribution >= 4 is 40.6 Å². The third-order valence-electron chi connectivity index (χ3n) is 6.92. The van der Waals surface area contributed by atoms with Crippen LogP contribution in [0.25, 0.3) is 10.9 Å². The topological polar surface area (TPSA) is 199 Å². The van der Waals surface area contributed by atoms with Crippen LogP contribution in [0.15, 0.2) is 66.9 Å². The largest absolute Gasteiger partial charge is 0.344 e. The maximum absolute atomic E-state index is 13.3. The normalized spacial score (nSPS) is 12.0. The van der Waals surface area contributed by atoms with Crippen molar-refractivity contribution in [1.29, 1.82) is 0 Å². The second-order valence-corrected chi connectivity index (χ2v) is 10.6. The van der Waals surface area contributed by atoms with Gasteiger partial charge in [0.2, 0.25) is 17.7 Å². The van der Waals surface area contributed by atoms with E-state index in [4.69, 9.17) is 17.2 Å². The lowest BCUT2D eigenvalue weighted by Gasteiger charge is -2.22. The van der Waals surface area contributed by atoms with Crippen molar-refractivity contribution in [3.63, 3.8) is 0 Å². The molecule has 0 fully saturated rings. The Morgan fingerprint density at radius 1 is 0.867 bits per heavy atom. The molecule has 2 atom stereocenters. The molecule has 1 unspecified atom stereocenters. The summed E-state index contributed by atoms with van der Waals surface area (Å²) >= 11 is 0. The number of likely N-dealkylation sites (N-methyl/N-ethyl adjacent to an activating group) is 1. The van der Waals surface area contributed by atoms with Crippen molar-refractivity contribution in [2.24, 2.45) is 17.2 Å². The predicted molar refractivity (Wildman–Crippen MR) is 178 cm³/mol. The number of aromatic nitrogens is 1. The van der Waals surface area contributed by atoms with Gasteiger partial charge in [0, 0.05) is 44.4 Å². The van der Waals surface area contributed by atoms with Crippen molar-refractivity contribution in [3.8, 4) is 0 Å². The Kier molecular flexibility index (Phi) is 17.6. The Labute approximate surface area is 265 Å². The summed E-state index contributed by atoms with van der Waals surface area (Å²) in [4.78, 5) is 56.3. The van der Waals surface area contributed by atoms with Gasteiger partial charge in [-0.2, -0.15) is 0 Å². The number of fused-ring (bicyclic) bond motifs is 1. The molecule has 3 aromatic rings. The van der Waals surface area contributed by atoms with Crippen LogP contribution >= 0.6 is 0 Å². The van der Waals surface area contributed by atoms with E-state index in [0.717, 1.165) is 42.6 Å². The van der Waals surface area contributed by atoms with Gasteiger partial charge >= 0.3 is 0 Å². The zero-order valence-electron chi connectivity index (χ0n) is 26.1. The number of unbranched alkanes of at least 4 members (excludes halogenated alkanes) is 1. The molecule has 45 heavy (non-hydrogen) atoms. The highest BCUT2D eigenvalue weighted by Crippen LogP contribution is 2.17. The number of nitrogens with one attached hydrogen (secondary N) is 3. The van der Waals surface area contributed by atoms with E-state index in [1.54, 1.807) is 6.20 Å². The monoisotopic (exact) mass is 620 g/mol. The van der Waals surface area contributed by atoms with Crippen LogP contribution in [0.3, 0.4) is 0 Å². The quantitative estimate of drug-likeness (QED) is 0.0897. The molecule has 0 spiro atoms.